The first-order valence-electron chi connectivity index (χ1n) is 9.84. The molecule has 2 aromatic heterocycles. The van der Waals surface area contributed by atoms with E-state index in [-0.39, 0.29) is 18.0 Å². The molecule has 2 heterocycles. The molecule has 0 saturated heterocycles. The van der Waals surface area contributed by atoms with Crippen LogP contribution < -0.4 is 9.47 Å². The van der Waals surface area contributed by atoms with Crippen LogP contribution in [-0.2, 0) is 29.5 Å². The monoisotopic (exact) mass is 469 g/mol. The highest BCUT2D eigenvalue weighted by molar-refractivity contribution is 7.89. The second-order valence-corrected chi connectivity index (χ2v) is 8.79. The second-order valence-electron chi connectivity index (χ2n) is 6.85. The molecule has 0 aliphatic heterocycles. The lowest BCUT2D eigenvalue weighted by Crippen LogP contribution is -2.33. The average Bonchev–Trinajstić information content (AvgIpc) is 3.46. The maximum absolute atomic E-state index is 13.3. The van der Waals surface area contributed by atoms with E-state index in [9.17, 15) is 17.2 Å². The number of halogens is 2. The molecule has 0 bridgehead atoms. The lowest BCUT2D eigenvalue weighted by molar-refractivity contribution is 0.0563. The Bertz CT molecular complexity index is 1150. The first kappa shape index (κ1) is 23.7. The summed E-state index contributed by atoms with van der Waals surface area (Å²) in [6, 6.07) is 7.06. The number of alkyl halides is 2. The van der Waals surface area contributed by atoms with Crippen LogP contribution in [0.4, 0.5) is 8.78 Å². The van der Waals surface area contributed by atoms with Crippen molar-refractivity contribution in [3.8, 4) is 11.5 Å². The van der Waals surface area contributed by atoms with E-state index in [0.717, 1.165) is 18.0 Å². The van der Waals surface area contributed by atoms with Crippen molar-refractivity contribution in [3.05, 3.63) is 54.1 Å². The third-order valence-corrected chi connectivity index (χ3v) is 6.75. The maximum atomic E-state index is 13.3. The van der Waals surface area contributed by atoms with E-state index in [2.05, 4.69) is 10.2 Å². The SMILES string of the molecule is CCn1nccc1CN(CCc1ccc(OC)c(OC)c1)S(=O)(=O)c1cnn(C(F)F)c1. The third-order valence-electron chi connectivity index (χ3n) is 4.96. The van der Waals surface area contributed by atoms with Gasteiger partial charge in [0.15, 0.2) is 11.5 Å². The summed E-state index contributed by atoms with van der Waals surface area (Å²) in [6.07, 6.45) is 3.72. The van der Waals surface area contributed by atoms with Gasteiger partial charge in [0.2, 0.25) is 10.0 Å². The highest BCUT2D eigenvalue weighted by atomic mass is 32.2. The fraction of sp³-hybridized carbons (Fsp3) is 0.400. The molecule has 0 aliphatic carbocycles. The van der Waals surface area contributed by atoms with E-state index in [4.69, 9.17) is 9.47 Å². The molecule has 32 heavy (non-hydrogen) atoms. The number of benzene rings is 1. The van der Waals surface area contributed by atoms with Crippen LogP contribution in [-0.4, -0.2) is 53.0 Å². The smallest absolute Gasteiger partial charge is 0.333 e. The van der Waals surface area contributed by atoms with Crippen molar-refractivity contribution in [2.45, 2.75) is 37.9 Å². The number of sulfonamides is 1. The molecule has 3 aromatic rings. The van der Waals surface area contributed by atoms with Crippen molar-refractivity contribution in [1.82, 2.24) is 23.9 Å². The van der Waals surface area contributed by atoms with Crippen molar-refractivity contribution >= 4 is 10.0 Å². The summed E-state index contributed by atoms with van der Waals surface area (Å²) in [5, 5.41) is 7.65. The number of methoxy groups -OCH3 is 2. The number of aryl methyl sites for hydroxylation is 1. The van der Waals surface area contributed by atoms with E-state index in [1.807, 2.05) is 13.0 Å². The summed E-state index contributed by atoms with van der Waals surface area (Å²) in [6.45, 7) is -0.336. The Kier molecular flexibility index (Phi) is 7.46. The molecule has 0 atom stereocenters. The van der Waals surface area contributed by atoms with Crippen LogP contribution in [0, 0.1) is 0 Å². The summed E-state index contributed by atoms with van der Waals surface area (Å²) in [7, 11) is -1.05. The Balaban J connectivity index is 1.90. The van der Waals surface area contributed by atoms with Crippen molar-refractivity contribution in [1.29, 1.82) is 0 Å². The number of aromatic nitrogens is 4. The lowest BCUT2D eigenvalue weighted by Gasteiger charge is -2.22. The zero-order valence-electron chi connectivity index (χ0n) is 18.0. The van der Waals surface area contributed by atoms with Crippen LogP contribution in [0.3, 0.4) is 0 Å². The van der Waals surface area contributed by atoms with Crippen LogP contribution >= 0.6 is 0 Å². The Hall–Kier alpha value is -2.99. The van der Waals surface area contributed by atoms with Gasteiger partial charge in [-0.1, -0.05) is 6.07 Å². The van der Waals surface area contributed by atoms with Gasteiger partial charge in [-0.25, -0.2) is 13.1 Å². The molecule has 0 unspecified atom stereocenters. The largest absolute Gasteiger partial charge is 0.493 e. The topological polar surface area (TPSA) is 91.5 Å². The predicted molar refractivity (Wildman–Crippen MR) is 112 cm³/mol. The van der Waals surface area contributed by atoms with E-state index in [1.54, 1.807) is 29.1 Å². The van der Waals surface area contributed by atoms with Gasteiger partial charge in [0.25, 0.3) is 0 Å². The van der Waals surface area contributed by atoms with Gasteiger partial charge in [-0.05, 0) is 37.1 Å². The predicted octanol–water partition coefficient (Wildman–Crippen LogP) is 2.95. The minimum Gasteiger partial charge on any atom is -0.493 e. The molecule has 9 nitrogen and oxygen atoms in total. The van der Waals surface area contributed by atoms with Gasteiger partial charge >= 0.3 is 6.55 Å². The number of hydrogen-bond donors (Lipinski definition) is 0. The molecule has 3 rings (SSSR count). The van der Waals surface area contributed by atoms with E-state index < -0.39 is 16.6 Å². The number of nitrogens with zero attached hydrogens (tertiary/aromatic N) is 5. The first-order valence-corrected chi connectivity index (χ1v) is 11.3. The van der Waals surface area contributed by atoms with Crippen LogP contribution in [0.1, 0.15) is 24.7 Å². The molecule has 174 valence electrons. The number of rotatable bonds is 11. The van der Waals surface area contributed by atoms with Crippen molar-refractivity contribution in [2.24, 2.45) is 0 Å². The first-order chi connectivity index (χ1) is 15.3. The summed E-state index contributed by atoms with van der Waals surface area (Å²) < 4.78 is 66.2. The highest BCUT2D eigenvalue weighted by Crippen LogP contribution is 2.28. The Morgan fingerprint density at radius 3 is 2.50 bits per heavy atom. The minimum atomic E-state index is -4.09. The summed E-state index contributed by atoms with van der Waals surface area (Å²) in [5.41, 5.74) is 1.51. The van der Waals surface area contributed by atoms with Gasteiger partial charge in [0, 0.05) is 19.3 Å². The number of ether oxygens (including phenoxy) is 2. The van der Waals surface area contributed by atoms with E-state index >= 15 is 0 Å². The standard InChI is InChI=1S/C20H25F2N5O4S/c1-4-26-16(7-9-23-26)13-25(32(28,29)17-12-24-27(14-17)20(21)22)10-8-15-5-6-18(30-2)19(11-15)31-3/h5-7,9,11-12,14,20H,4,8,10,13H2,1-3H3. The molecular formula is C20H25F2N5O4S. The van der Waals surface area contributed by atoms with Gasteiger partial charge in [0.05, 0.1) is 38.9 Å². The molecular weight excluding hydrogens is 444 g/mol. The Morgan fingerprint density at radius 1 is 1.12 bits per heavy atom. The zero-order chi connectivity index (χ0) is 23.3. The summed E-state index contributed by atoms with van der Waals surface area (Å²) in [5.74, 6) is 1.09. The molecule has 1 aromatic carbocycles. The molecule has 0 saturated carbocycles. The van der Waals surface area contributed by atoms with Crippen LogP contribution in [0.5, 0.6) is 11.5 Å². The minimum absolute atomic E-state index is 0.0311. The lowest BCUT2D eigenvalue weighted by atomic mass is 10.1. The van der Waals surface area contributed by atoms with Crippen LogP contribution in [0.2, 0.25) is 0 Å². The number of hydrogen-bond acceptors (Lipinski definition) is 6. The fourth-order valence-corrected chi connectivity index (χ4v) is 4.60. The van der Waals surface area contributed by atoms with Crippen molar-refractivity contribution in [2.75, 3.05) is 20.8 Å². The average molecular weight is 470 g/mol. The normalized spacial score (nSPS) is 12.0. The van der Waals surface area contributed by atoms with E-state index in [1.165, 1.54) is 18.5 Å². The molecule has 0 spiro atoms. The molecule has 0 aliphatic rings. The summed E-state index contributed by atoms with van der Waals surface area (Å²) >= 11 is 0. The molecule has 12 heteroatoms. The van der Waals surface area contributed by atoms with Gasteiger partial charge in [-0.15, -0.1) is 0 Å². The van der Waals surface area contributed by atoms with Gasteiger partial charge < -0.3 is 9.47 Å². The van der Waals surface area contributed by atoms with Gasteiger partial charge in [-0.3, -0.25) is 4.68 Å². The molecule has 0 amide bonds. The quantitative estimate of drug-likeness (QED) is 0.429. The highest BCUT2D eigenvalue weighted by Gasteiger charge is 2.28. The second kappa shape index (κ2) is 10.1. The Labute approximate surface area is 185 Å². The molecule has 0 fully saturated rings. The fourth-order valence-electron chi connectivity index (χ4n) is 3.24. The molecule has 0 radical (unpaired) electrons. The Morgan fingerprint density at radius 2 is 1.88 bits per heavy atom. The maximum Gasteiger partial charge on any atom is 0.333 e. The van der Waals surface area contributed by atoms with E-state index in [0.29, 0.717) is 34.8 Å². The van der Waals surface area contributed by atoms with Crippen LogP contribution in [0.25, 0.3) is 0 Å². The van der Waals surface area contributed by atoms with Crippen LogP contribution in [0.15, 0.2) is 47.8 Å². The third kappa shape index (κ3) is 5.07. The molecule has 0 N–H and O–H groups in total. The van der Waals surface area contributed by atoms with Crippen molar-refractivity contribution in [3.63, 3.8) is 0 Å². The van der Waals surface area contributed by atoms with Crippen molar-refractivity contribution < 1.29 is 26.7 Å². The zero-order valence-corrected chi connectivity index (χ0v) is 18.8. The van der Waals surface area contributed by atoms with Gasteiger partial charge in [-0.2, -0.15) is 23.3 Å². The van der Waals surface area contributed by atoms with Gasteiger partial charge in [0.1, 0.15) is 4.90 Å². The summed E-state index contributed by atoms with van der Waals surface area (Å²) in [4.78, 5) is -0.298.